The summed E-state index contributed by atoms with van der Waals surface area (Å²) in [5, 5.41) is 10.8. The van der Waals surface area contributed by atoms with Crippen molar-refractivity contribution >= 4 is 11.9 Å². The highest BCUT2D eigenvalue weighted by molar-refractivity contribution is 5.89. The number of nitrogens with zero attached hydrogens (tertiary/aromatic N) is 4. The zero-order valence-corrected chi connectivity index (χ0v) is 15.4. The van der Waals surface area contributed by atoms with Gasteiger partial charge in [-0.3, -0.25) is 4.98 Å². The van der Waals surface area contributed by atoms with Crippen molar-refractivity contribution in [1.82, 2.24) is 20.2 Å². The van der Waals surface area contributed by atoms with Gasteiger partial charge in [-0.05, 0) is 44.2 Å². The Bertz CT molecular complexity index is 1010. The Hall–Kier alpha value is -3.49. The molecule has 7 nitrogen and oxygen atoms in total. The standard InChI is InChI=1S/C19H17F2N5O2/c1-19(2,16-13(20)5-4-8-22-16)24-18-23-10-15(25-26-18)12-7-6-11(9-14(12)21)17(27)28-3/h4-10H,1-3H3,(H,23,24,26). The van der Waals surface area contributed by atoms with E-state index in [-0.39, 0.29) is 28.5 Å². The van der Waals surface area contributed by atoms with Crippen LogP contribution in [0.5, 0.6) is 0 Å². The number of hydrogen-bond acceptors (Lipinski definition) is 7. The van der Waals surface area contributed by atoms with Crippen LogP contribution >= 0.6 is 0 Å². The second-order valence-corrected chi connectivity index (χ2v) is 6.44. The van der Waals surface area contributed by atoms with E-state index in [0.29, 0.717) is 0 Å². The summed E-state index contributed by atoms with van der Waals surface area (Å²) < 4.78 is 32.9. The molecule has 3 aromatic rings. The van der Waals surface area contributed by atoms with Gasteiger partial charge in [-0.1, -0.05) is 0 Å². The van der Waals surface area contributed by atoms with Crippen molar-refractivity contribution < 1.29 is 18.3 Å². The second kappa shape index (κ2) is 7.63. The molecule has 1 N–H and O–H groups in total. The van der Waals surface area contributed by atoms with Gasteiger partial charge in [0, 0.05) is 11.8 Å². The number of anilines is 1. The zero-order valence-electron chi connectivity index (χ0n) is 15.4. The molecule has 1 aromatic carbocycles. The fraction of sp³-hybridized carbons (Fsp3) is 0.211. The van der Waals surface area contributed by atoms with Crippen LogP contribution in [-0.4, -0.2) is 33.2 Å². The molecule has 0 aliphatic rings. The average Bonchev–Trinajstić information content (AvgIpc) is 2.68. The normalized spacial score (nSPS) is 11.2. The molecule has 28 heavy (non-hydrogen) atoms. The van der Waals surface area contributed by atoms with E-state index in [0.717, 1.165) is 6.07 Å². The van der Waals surface area contributed by atoms with Gasteiger partial charge >= 0.3 is 5.97 Å². The molecular formula is C19H17F2N5O2. The minimum absolute atomic E-state index is 0.0853. The molecule has 0 fully saturated rings. The van der Waals surface area contributed by atoms with Crippen LogP contribution in [0.25, 0.3) is 11.3 Å². The minimum Gasteiger partial charge on any atom is -0.465 e. The summed E-state index contributed by atoms with van der Waals surface area (Å²) in [6.45, 7) is 3.45. The van der Waals surface area contributed by atoms with Crippen molar-refractivity contribution in [2.24, 2.45) is 0 Å². The molecule has 0 saturated carbocycles. The van der Waals surface area contributed by atoms with E-state index >= 15 is 0 Å². The highest BCUT2D eigenvalue weighted by atomic mass is 19.1. The first-order valence-electron chi connectivity index (χ1n) is 8.29. The van der Waals surface area contributed by atoms with Gasteiger partial charge in [0.05, 0.1) is 24.4 Å². The number of aromatic nitrogens is 4. The average molecular weight is 385 g/mol. The number of esters is 1. The van der Waals surface area contributed by atoms with Crippen molar-refractivity contribution in [3.8, 4) is 11.3 Å². The highest BCUT2D eigenvalue weighted by Gasteiger charge is 2.26. The molecular weight excluding hydrogens is 368 g/mol. The molecule has 144 valence electrons. The number of benzene rings is 1. The van der Waals surface area contributed by atoms with Crippen LogP contribution in [-0.2, 0) is 10.3 Å². The number of nitrogens with one attached hydrogen (secondary N) is 1. The number of carbonyl (C=O) groups is 1. The fourth-order valence-corrected chi connectivity index (χ4v) is 2.61. The third-order valence-corrected chi connectivity index (χ3v) is 4.00. The monoisotopic (exact) mass is 385 g/mol. The lowest BCUT2D eigenvalue weighted by Gasteiger charge is -2.25. The van der Waals surface area contributed by atoms with Crippen molar-refractivity contribution in [2.75, 3.05) is 12.4 Å². The van der Waals surface area contributed by atoms with E-state index in [1.54, 1.807) is 13.8 Å². The molecule has 0 aliphatic carbocycles. The number of halogens is 2. The van der Waals surface area contributed by atoms with E-state index in [1.165, 1.54) is 43.8 Å². The molecule has 0 unspecified atom stereocenters. The number of methoxy groups -OCH3 is 1. The maximum absolute atomic E-state index is 14.3. The summed E-state index contributed by atoms with van der Waals surface area (Å²) in [6.07, 6.45) is 2.82. The summed E-state index contributed by atoms with van der Waals surface area (Å²) in [7, 11) is 1.22. The Morgan fingerprint density at radius 2 is 1.89 bits per heavy atom. The summed E-state index contributed by atoms with van der Waals surface area (Å²) in [4.78, 5) is 19.6. The Kier molecular flexibility index (Phi) is 5.25. The van der Waals surface area contributed by atoms with E-state index < -0.39 is 23.1 Å². The van der Waals surface area contributed by atoms with Crippen molar-refractivity contribution in [3.63, 3.8) is 0 Å². The summed E-state index contributed by atoms with van der Waals surface area (Å²) in [6, 6.07) is 6.69. The number of carbonyl (C=O) groups excluding carboxylic acids is 1. The number of ether oxygens (including phenoxy) is 1. The molecule has 0 bridgehead atoms. The molecule has 0 atom stereocenters. The lowest BCUT2D eigenvalue weighted by molar-refractivity contribution is 0.0600. The van der Waals surface area contributed by atoms with Gasteiger partial charge in [0.2, 0.25) is 5.95 Å². The van der Waals surface area contributed by atoms with Gasteiger partial charge in [-0.15, -0.1) is 10.2 Å². The molecule has 0 radical (unpaired) electrons. The predicted molar refractivity (Wildman–Crippen MR) is 97.4 cm³/mol. The minimum atomic E-state index is -0.901. The molecule has 3 rings (SSSR count). The highest BCUT2D eigenvalue weighted by Crippen LogP contribution is 2.25. The molecule has 0 aliphatic heterocycles. The van der Waals surface area contributed by atoms with Crippen molar-refractivity contribution in [1.29, 1.82) is 0 Å². The van der Waals surface area contributed by atoms with Gasteiger partial charge < -0.3 is 10.1 Å². The first kappa shape index (κ1) is 19.3. The maximum atomic E-state index is 14.3. The Morgan fingerprint density at radius 1 is 1.11 bits per heavy atom. The quantitative estimate of drug-likeness (QED) is 0.674. The van der Waals surface area contributed by atoms with Gasteiger partial charge in [0.1, 0.15) is 23.0 Å². The van der Waals surface area contributed by atoms with Crippen molar-refractivity contribution in [2.45, 2.75) is 19.4 Å². The van der Waals surface area contributed by atoms with E-state index in [9.17, 15) is 13.6 Å². The maximum Gasteiger partial charge on any atom is 0.337 e. The molecule has 0 amide bonds. The first-order valence-corrected chi connectivity index (χ1v) is 8.29. The largest absolute Gasteiger partial charge is 0.465 e. The Balaban J connectivity index is 1.82. The number of rotatable bonds is 5. The third-order valence-electron chi connectivity index (χ3n) is 4.00. The summed E-state index contributed by atoms with van der Waals surface area (Å²) in [5.41, 5.74) is -0.299. The van der Waals surface area contributed by atoms with Crippen molar-refractivity contribution in [3.05, 3.63) is 65.6 Å². The van der Waals surface area contributed by atoms with Gasteiger partial charge in [0.25, 0.3) is 0 Å². The van der Waals surface area contributed by atoms with Crippen LogP contribution in [0.1, 0.15) is 29.9 Å². The van der Waals surface area contributed by atoms with Gasteiger partial charge in [-0.2, -0.15) is 0 Å². The third kappa shape index (κ3) is 3.93. The molecule has 0 spiro atoms. The Morgan fingerprint density at radius 3 is 2.50 bits per heavy atom. The lowest BCUT2D eigenvalue weighted by Crippen LogP contribution is -2.31. The van der Waals surface area contributed by atoms with E-state index in [1.807, 2.05) is 0 Å². The first-order chi connectivity index (χ1) is 13.3. The molecule has 2 aromatic heterocycles. The SMILES string of the molecule is COC(=O)c1ccc(-c2cnc(NC(C)(C)c3ncccc3F)nn2)c(F)c1. The van der Waals surface area contributed by atoms with Crippen LogP contribution in [0.4, 0.5) is 14.7 Å². The van der Waals surface area contributed by atoms with Crippen LogP contribution in [0.2, 0.25) is 0 Å². The van der Waals surface area contributed by atoms with E-state index in [4.69, 9.17) is 0 Å². The molecule has 0 saturated heterocycles. The van der Waals surface area contributed by atoms with E-state index in [2.05, 4.69) is 30.2 Å². The smallest absolute Gasteiger partial charge is 0.337 e. The van der Waals surface area contributed by atoms with Crippen LogP contribution < -0.4 is 5.32 Å². The lowest BCUT2D eigenvalue weighted by atomic mass is 9.99. The predicted octanol–water partition coefficient (Wildman–Crippen LogP) is 3.35. The van der Waals surface area contributed by atoms with Crippen LogP contribution in [0.3, 0.4) is 0 Å². The van der Waals surface area contributed by atoms with Gasteiger partial charge in [0.15, 0.2) is 0 Å². The second-order valence-electron chi connectivity index (χ2n) is 6.44. The zero-order chi connectivity index (χ0) is 20.3. The Labute approximate surface area is 159 Å². The molecule has 9 heteroatoms. The fourth-order valence-electron chi connectivity index (χ4n) is 2.61. The van der Waals surface area contributed by atoms with Gasteiger partial charge in [-0.25, -0.2) is 18.6 Å². The number of pyridine rings is 1. The van der Waals surface area contributed by atoms with Crippen LogP contribution in [0, 0.1) is 11.6 Å². The van der Waals surface area contributed by atoms with Crippen LogP contribution in [0.15, 0.2) is 42.7 Å². The molecule has 2 heterocycles. The number of hydrogen-bond donors (Lipinski definition) is 1. The summed E-state index contributed by atoms with van der Waals surface area (Å²) in [5.74, 6) is -1.63. The topological polar surface area (TPSA) is 89.9 Å². The summed E-state index contributed by atoms with van der Waals surface area (Å²) >= 11 is 0.